The lowest BCUT2D eigenvalue weighted by atomic mass is 9.92. The number of carbonyl (C=O) groups is 1. The van der Waals surface area contributed by atoms with Gasteiger partial charge in [0.1, 0.15) is 11.2 Å². The molecule has 0 amide bonds. The first-order valence-electron chi connectivity index (χ1n) is 10.4. The molecular formula is C23H21F2N5O2. The van der Waals surface area contributed by atoms with E-state index in [1.807, 2.05) is 19.1 Å². The Morgan fingerprint density at radius 2 is 1.84 bits per heavy atom. The van der Waals surface area contributed by atoms with Crippen LogP contribution >= 0.6 is 0 Å². The fraction of sp³-hybridized carbons (Fsp3) is 0.304. The van der Waals surface area contributed by atoms with Crippen LogP contribution in [-0.2, 0) is 0 Å². The van der Waals surface area contributed by atoms with Crippen LogP contribution in [0.1, 0.15) is 47.5 Å². The quantitative estimate of drug-likeness (QED) is 0.435. The van der Waals surface area contributed by atoms with Gasteiger partial charge in [-0.15, -0.1) is 4.80 Å². The monoisotopic (exact) mass is 437 g/mol. The Balaban J connectivity index is 1.56. The predicted molar refractivity (Wildman–Crippen MR) is 114 cm³/mol. The number of rotatable bonds is 4. The Morgan fingerprint density at radius 1 is 1.09 bits per heavy atom. The first kappa shape index (κ1) is 20.3. The Labute approximate surface area is 182 Å². The summed E-state index contributed by atoms with van der Waals surface area (Å²) in [5, 5.41) is 8.49. The second kappa shape index (κ2) is 7.81. The summed E-state index contributed by atoms with van der Waals surface area (Å²) < 4.78 is 33.0. The van der Waals surface area contributed by atoms with E-state index in [9.17, 15) is 13.6 Å². The number of aromatic nitrogens is 4. The number of hydrogen-bond donors (Lipinski definition) is 0. The van der Waals surface area contributed by atoms with Gasteiger partial charge < -0.3 is 9.32 Å². The molecule has 164 valence electrons. The van der Waals surface area contributed by atoms with Crippen LogP contribution in [-0.4, -0.2) is 38.9 Å². The zero-order valence-corrected chi connectivity index (χ0v) is 17.6. The number of nitrogens with zero attached hydrogens (tertiary/aromatic N) is 5. The van der Waals surface area contributed by atoms with E-state index in [-0.39, 0.29) is 17.5 Å². The molecule has 0 bridgehead atoms. The summed E-state index contributed by atoms with van der Waals surface area (Å²) in [7, 11) is 0. The molecule has 2 aromatic heterocycles. The molecule has 0 radical (unpaired) electrons. The highest BCUT2D eigenvalue weighted by Gasteiger charge is 2.32. The second-order valence-electron chi connectivity index (χ2n) is 8.22. The van der Waals surface area contributed by atoms with Gasteiger partial charge in [-0.2, -0.15) is 10.2 Å². The zero-order chi connectivity index (χ0) is 22.4. The number of piperidine rings is 1. The molecule has 5 rings (SSSR count). The van der Waals surface area contributed by atoms with E-state index in [1.54, 1.807) is 12.4 Å². The van der Waals surface area contributed by atoms with Gasteiger partial charge in [0.05, 0.1) is 24.0 Å². The fourth-order valence-corrected chi connectivity index (χ4v) is 4.41. The molecule has 0 spiro atoms. The molecule has 4 aromatic rings. The highest BCUT2D eigenvalue weighted by molar-refractivity contribution is 5.87. The lowest BCUT2D eigenvalue weighted by molar-refractivity contribution is 0.112. The zero-order valence-electron chi connectivity index (χ0n) is 17.6. The summed E-state index contributed by atoms with van der Waals surface area (Å²) >= 11 is 0. The molecule has 1 aliphatic rings. The number of fused-ring (bicyclic) bond motifs is 1. The third kappa shape index (κ3) is 3.43. The van der Waals surface area contributed by atoms with Gasteiger partial charge >= 0.3 is 0 Å². The lowest BCUT2D eigenvalue weighted by Crippen LogP contribution is -2.42. The molecule has 32 heavy (non-hydrogen) atoms. The van der Waals surface area contributed by atoms with Gasteiger partial charge in [-0.1, -0.05) is 0 Å². The first-order chi connectivity index (χ1) is 15.4. The molecule has 0 unspecified atom stereocenters. The summed E-state index contributed by atoms with van der Waals surface area (Å²) in [6.45, 7) is 4.62. The molecule has 1 saturated heterocycles. The van der Waals surface area contributed by atoms with Gasteiger partial charge in [0.25, 0.3) is 0 Å². The van der Waals surface area contributed by atoms with Gasteiger partial charge in [-0.25, -0.2) is 13.8 Å². The highest BCUT2D eigenvalue weighted by Crippen LogP contribution is 2.38. The van der Waals surface area contributed by atoms with E-state index in [0.29, 0.717) is 29.2 Å². The smallest absolute Gasteiger partial charge is 0.200 e. The molecule has 7 nitrogen and oxygen atoms in total. The molecule has 9 heteroatoms. The van der Waals surface area contributed by atoms with Crippen LogP contribution in [0.2, 0.25) is 0 Å². The van der Waals surface area contributed by atoms with E-state index in [0.717, 1.165) is 42.5 Å². The largest absolute Gasteiger partial charge is 0.440 e. The highest BCUT2D eigenvalue weighted by atomic mass is 19.2. The summed E-state index contributed by atoms with van der Waals surface area (Å²) in [5.74, 6) is -1.54. The Kier molecular flexibility index (Phi) is 4.96. The van der Waals surface area contributed by atoms with Crippen molar-refractivity contribution in [3.8, 4) is 5.69 Å². The summed E-state index contributed by atoms with van der Waals surface area (Å²) in [4.78, 5) is 19.9. The second-order valence-corrected chi connectivity index (χ2v) is 8.22. The molecular weight excluding hydrogens is 416 g/mol. The SMILES string of the molecule is Cc1cc(C=O)c(-n2nccn2)c(N2C[C@H](c3nc4cc(F)c(F)cc4o3)CC[C@H]2C)c1. The fourth-order valence-electron chi connectivity index (χ4n) is 4.41. The predicted octanol–water partition coefficient (Wildman–Crippen LogP) is 4.58. The van der Waals surface area contributed by atoms with Crippen LogP contribution in [0.25, 0.3) is 16.8 Å². The van der Waals surface area contributed by atoms with Crippen LogP contribution in [0.4, 0.5) is 14.5 Å². The van der Waals surface area contributed by atoms with Crippen molar-refractivity contribution in [1.82, 2.24) is 20.0 Å². The summed E-state index contributed by atoms with van der Waals surface area (Å²) in [5.41, 5.74) is 3.42. The average molecular weight is 437 g/mol. The van der Waals surface area contributed by atoms with Crippen LogP contribution in [0, 0.1) is 18.6 Å². The molecule has 2 aromatic carbocycles. The van der Waals surface area contributed by atoms with Gasteiger partial charge in [0.2, 0.25) is 0 Å². The average Bonchev–Trinajstić information content (AvgIpc) is 3.44. The molecule has 1 aliphatic heterocycles. The Hall–Kier alpha value is -3.62. The Bertz CT molecular complexity index is 1260. The van der Waals surface area contributed by atoms with Gasteiger partial charge in [-0.3, -0.25) is 4.79 Å². The minimum absolute atomic E-state index is 0.0802. The van der Waals surface area contributed by atoms with E-state index in [2.05, 4.69) is 27.0 Å². The lowest BCUT2D eigenvalue weighted by Gasteiger charge is -2.39. The summed E-state index contributed by atoms with van der Waals surface area (Å²) in [6.07, 6.45) is 5.61. The van der Waals surface area contributed by atoms with Gasteiger partial charge in [0, 0.05) is 30.3 Å². The van der Waals surface area contributed by atoms with E-state index >= 15 is 0 Å². The number of oxazole rings is 1. The number of halogens is 2. The number of aldehydes is 1. The van der Waals surface area contributed by atoms with E-state index in [1.165, 1.54) is 4.80 Å². The van der Waals surface area contributed by atoms with Crippen molar-refractivity contribution in [1.29, 1.82) is 0 Å². The van der Waals surface area contributed by atoms with Crippen molar-refractivity contribution in [3.63, 3.8) is 0 Å². The number of hydrogen-bond acceptors (Lipinski definition) is 6. The van der Waals surface area contributed by atoms with Crippen LogP contribution in [0.15, 0.2) is 41.1 Å². The molecule has 1 fully saturated rings. The number of aryl methyl sites for hydroxylation is 1. The molecule has 3 heterocycles. The van der Waals surface area contributed by atoms with Crippen molar-refractivity contribution in [2.45, 2.75) is 38.6 Å². The minimum atomic E-state index is -0.961. The normalized spacial score (nSPS) is 18.9. The maximum atomic E-state index is 13.6. The third-order valence-electron chi connectivity index (χ3n) is 6.00. The van der Waals surface area contributed by atoms with Crippen molar-refractivity contribution >= 4 is 23.1 Å². The van der Waals surface area contributed by atoms with Crippen LogP contribution < -0.4 is 4.90 Å². The van der Waals surface area contributed by atoms with Crippen molar-refractivity contribution in [2.75, 3.05) is 11.4 Å². The van der Waals surface area contributed by atoms with Crippen LogP contribution in [0.5, 0.6) is 0 Å². The summed E-state index contributed by atoms with van der Waals surface area (Å²) in [6, 6.07) is 6.09. The van der Waals surface area contributed by atoms with Crippen LogP contribution in [0.3, 0.4) is 0 Å². The van der Waals surface area contributed by atoms with E-state index < -0.39 is 11.6 Å². The van der Waals surface area contributed by atoms with Crippen molar-refractivity contribution in [2.24, 2.45) is 0 Å². The maximum Gasteiger partial charge on any atom is 0.200 e. The van der Waals surface area contributed by atoms with Gasteiger partial charge in [-0.05, 0) is 44.4 Å². The molecule has 0 aliphatic carbocycles. The van der Waals surface area contributed by atoms with Crippen molar-refractivity contribution < 1.29 is 18.0 Å². The third-order valence-corrected chi connectivity index (χ3v) is 6.00. The van der Waals surface area contributed by atoms with Crippen molar-refractivity contribution in [3.05, 3.63) is 65.3 Å². The molecule has 0 saturated carbocycles. The van der Waals surface area contributed by atoms with Gasteiger partial charge in [0.15, 0.2) is 29.4 Å². The Morgan fingerprint density at radius 3 is 2.59 bits per heavy atom. The van der Waals surface area contributed by atoms with E-state index in [4.69, 9.17) is 4.42 Å². The molecule has 0 N–H and O–H groups in total. The first-order valence-corrected chi connectivity index (χ1v) is 10.4. The topological polar surface area (TPSA) is 77.1 Å². The maximum absolute atomic E-state index is 13.6. The standard InChI is InChI=1S/C23H21F2N5O2/c1-13-7-16(12-31)22(30-26-5-6-27-30)20(8-13)29-11-15(4-3-14(29)2)23-28-19-9-17(24)18(25)10-21(19)32-23/h5-10,12,14-15H,3-4,11H2,1-2H3/t14-,15-/m1/s1. The number of carbonyl (C=O) groups excluding carboxylic acids is 1. The number of benzene rings is 2. The molecule has 2 atom stereocenters. The minimum Gasteiger partial charge on any atom is -0.440 e. The number of anilines is 1.